The van der Waals surface area contributed by atoms with Gasteiger partial charge in [-0.3, -0.25) is 34.5 Å². The molecule has 5 N–H and O–H groups in total. The third-order valence-corrected chi connectivity index (χ3v) is 9.65. The smallest absolute Gasteiger partial charge is 0.263 e. The summed E-state index contributed by atoms with van der Waals surface area (Å²) < 4.78 is 0. The Morgan fingerprint density at radius 2 is 1.60 bits per heavy atom. The number of hydrazine groups is 1. The number of rotatable bonds is 18. The number of aliphatic hydroxyl groups excluding tert-OH is 1. The molecule has 0 radical (unpaired) electrons. The molecule has 1 aliphatic rings. The zero-order valence-corrected chi connectivity index (χ0v) is 32.0. The Bertz CT molecular complexity index is 1710. The van der Waals surface area contributed by atoms with Crippen LogP contribution in [0.4, 0.5) is 5.69 Å². The fourth-order valence-electron chi connectivity index (χ4n) is 6.40. The van der Waals surface area contributed by atoms with E-state index < -0.39 is 30.0 Å². The largest absolute Gasteiger partial charge is 0.393 e. The van der Waals surface area contributed by atoms with Gasteiger partial charge in [-0.1, -0.05) is 101 Å². The monoisotopic (exact) mass is 726 g/mol. The lowest BCUT2D eigenvalue weighted by Crippen LogP contribution is -2.56. The number of aryl methyl sites for hydroxylation is 1. The summed E-state index contributed by atoms with van der Waals surface area (Å²) in [5.41, 5.74) is 11.4. The highest BCUT2D eigenvalue weighted by Gasteiger charge is 2.35. The minimum atomic E-state index is -1.08. The highest BCUT2D eigenvalue weighted by molar-refractivity contribution is 5.96. The van der Waals surface area contributed by atoms with E-state index in [-0.39, 0.29) is 50.2 Å². The molecule has 4 rings (SSSR count). The highest BCUT2D eigenvalue weighted by Crippen LogP contribution is 2.34. The summed E-state index contributed by atoms with van der Waals surface area (Å²) in [5, 5.41) is 16.8. The van der Waals surface area contributed by atoms with Crippen molar-refractivity contribution in [3.05, 3.63) is 90.3 Å². The quantitative estimate of drug-likeness (QED) is 0.124. The molecule has 3 aromatic carbocycles. The van der Waals surface area contributed by atoms with Gasteiger partial charge in [0.25, 0.3) is 5.91 Å². The Labute approximate surface area is 314 Å². The zero-order chi connectivity index (χ0) is 38.5. The van der Waals surface area contributed by atoms with E-state index in [1.807, 2.05) is 91.5 Å². The van der Waals surface area contributed by atoms with Gasteiger partial charge in [0, 0.05) is 36.7 Å². The second kappa shape index (κ2) is 19.9. The molecule has 0 saturated carbocycles. The van der Waals surface area contributed by atoms with Crippen LogP contribution in [-0.2, 0) is 25.6 Å². The number of hydrogen-bond donors (Lipinski definition) is 4. The number of fused-ring (bicyclic) bond motifs is 1. The summed E-state index contributed by atoms with van der Waals surface area (Å²) in [6.07, 6.45) is 4.23. The number of anilines is 1. The summed E-state index contributed by atoms with van der Waals surface area (Å²) in [6, 6.07) is 21.9. The van der Waals surface area contributed by atoms with E-state index in [9.17, 15) is 24.3 Å². The molecule has 4 atom stereocenters. The third-order valence-electron chi connectivity index (χ3n) is 9.65. The number of carbonyl (C=O) groups excluding carboxylic acids is 4. The Morgan fingerprint density at radius 3 is 2.30 bits per heavy atom. The molecule has 11 nitrogen and oxygen atoms in total. The van der Waals surface area contributed by atoms with Crippen LogP contribution in [0.5, 0.6) is 0 Å². The van der Waals surface area contributed by atoms with Gasteiger partial charge in [0.2, 0.25) is 17.7 Å². The molecule has 1 heterocycles. The summed E-state index contributed by atoms with van der Waals surface area (Å²) >= 11 is 0. The Kier molecular flexibility index (Phi) is 15.4. The van der Waals surface area contributed by atoms with Crippen molar-refractivity contribution in [3.63, 3.8) is 0 Å². The van der Waals surface area contributed by atoms with E-state index in [1.165, 1.54) is 5.01 Å². The summed E-state index contributed by atoms with van der Waals surface area (Å²) in [7, 11) is 0. The van der Waals surface area contributed by atoms with E-state index in [0.29, 0.717) is 30.9 Å². The van der Waals surface area contributed by atoms with E-state index in [0.717, 1.165) is 34.9 Å². The van der Waals surface area contributed by atoms with Crippen molar-refractivity contribution in [2.45, 2.75) is 104 Å². The average molecular weight is 727 g/mol. The van der Waals surface area contributed by atoms with E-state index >= 15 is 0 Å². The normalized spacial score (nSPS) is 15.1. The Hall–Kier alpha value is -4.74. The number of hydrogen-bond acceptors (Lipinski definition) is 7. The van der Waals surface area contributed by atoms with Gasteiger partial charge in [-0.05, 0) is 61.5 Å². The van der Waals surface area contributed by atoms with Crippen molar-refractivity contribution in [1.82, 2.24) is 20.7 Å². The van der Waals surface area contributed by atoms with Gasteiger partial charge in [-0.15, -0.1) is 0 Å². The molecule has 3 aromatic rings. The first-order valence-corrected chi connectivity index (χ1v) is 19.0. The van der Waals surface area contributed by atoms with Gasteiger partial charge in [0.15, 0.2) is 0 Å². The second-order valence-electron chi connectivity index (χ2n) is 14.8. The minimum Gasteiger partial charge on any atom is -0.393 e. The molecular formula is C42H58N6O5. The van der Waals surface area contributed by atoms with Crippen molar-refractivity contribution in [3.8, 4) is 0 Å². The van der Waals surface area contributed by atoms with Crippen molar-refractivity contribution in [2.24, 2.45) is 17.6 Å². The molecule has 286 valence electrons. The maximum Gasteiger partial charge on any atom is 0.263 e. The second-order valence-corrected chi connectivity index (χ2v) is 14.8. The van der Waals surface area contributed by atoms with Crippen LogP contribution in [0.15, 0.2) is 84.7 Å². The molecule has 1 unspecified atom stereocenters. The predicted molar refractivity (Wildman–Crippen MR) is 210 cm³/mol. The number of nitrogens with one attached hydrogen (secondary N) is 2. The number of nitrogens with two attached hydrogens (primary N) is 1. The highest BCUT2D eigenvalue weighted by atomic mass is 16.3. The fourth-order valence-corrected chi connectivity index (χ4v) is 6.40. The first-order chi connectivity index (χ1) is 25.4. The van der Waals surface area contributed by atoms with Gasteiger partial charge in [-0.25, -0.2) is 0 Å². The molecule has 0 bridgehead atoms. The molecule has 53 heavy (non-hydrogen) atoms. The van der Waals surface area contributed by atoms with Crippen molar-refractivity contribution < 1.29 is 24.3 Å². The minimum absolute atomic E-state index is 0.0318. The molecule has 0 spiro atoms. The van der Waals surface area contributed by atoms with Crippen LogP contribution in [0.25, 0.3) is 10.8 Å². The molecule has 1 aliphatic heterocycles. The number of nitrogens with zero attached hydrogens (tertiary/aromatic N) is 3. The van der Waals surface area contributed by atoms with Crippen LogP contribution in [0, 0.1) is 11.8 Å². The van der Waals surface area contributed by atoms with Crippen LogP contribution in [0.2, 0.25) is 0 Å². The summed E-state index contributed by atoms with van der Waals surface area (Å²) in [6.45, 7) is 10.1. The van der Waals surface area contributed by atoms with Gasteiger partial charge in [-0.2, -0.15) is 0 Å². The number of aliphatic hydroxyl groups is 1. The zero-order valence-electron chi connectivity index (χ0n) is 32.0. The van der Waals surface area contributed by atoms with Gasteiger partial charge >= 0.3 is 0 Å². The molecule has 0 aliphatic carbocycles. The lowest BCUT2D eigenvalue weighted by atomic mass is 10.0. The maximum atomic E-state index is 14.6. The van der Waals surface area contributed by atoms with Crippen LogP contribution in [0.1, 0.15) is 85.1 Å². The molecule has 0 fully saturated rings. The first kappa shape index (κ1) is 41.0. The first-order valence-electron chi connectivity index (χ1n) is 19.0. The van der Waals surface area contributed by atoms with E-state index in [4.69, 9.17) is 5.73 Å². The Morgan fingerprint density at radius 1 is 0.906 bits per heavy atom. The summed E-state index contributed by atoms with van der Waals surface area (Å²) in [4.78, 5) is 58.2. The number of amides is 4. The molecule has 0 aromatic heterocycles. The Balaban J connectivity index is 1.66. The third kappa shape index (κ3) is 12.2. The van der Waals surface area contributed by atoms with Crippen molar-refractivity contribution in [1.29, 1.82) is 0 Å². The summed E-state index contributed by atoms with van der Waals surface area (Å²) in [5.74, 6) is -1.12. The molecular weight excluding hydrogens is 668 g/mol. The van der Waals surface area contributed by atoms with Crippen LogP contribution < -0.4 is 21.4 Å². The topological polar surface area (TPSA) is 148 Å². The molecule has 11 heteroatoms. The predicted octanol–water partition coefficient (Wildman–Crippen LogP) is 5.63. The lowest BCUT2D eigenvalue weighted by molar-refractivity contribution is -0.145. The lowest BCUT2D eigenvalue weighted by Gasteiger charge is -2.32. The SMILES string of the molecule is CCC(C)CN(NC(=O)C[C@@H](O)CCC(C)C)C(=O)[C@H](CC1=CN(C(=O)[C@H](C)N)CN1c1cccc2ccccc12)NC(=O)CCCc1ccccc1. The van der Waals surface area contributed by atoms with Crippen molar-refractivity contribution in [2.75, 3.05) is 18.1 Å². The van der Waals surface area contributed by atoms with Crippen LogP contribution in [0.3, 0.4) is 0 Å². The standard InChI is InChI=1S/C42H58N6O5/c1-6-30(4)26-48(45-40(51)25-35(49)23-22-29(2)3)42(53)37(44-39(50)21-12-16-32-14-8-7-9-15-32)24-34-27-46(41(52)31(5)43)28-47(34)38-20-13-18-33-17-10-11-19-36(33)38/h7-11,13-15,17-20,27,29-31,35,37,49H,6,12,16,21-26,28,43H2,1-5H3,(H,44,50)(H,45,51)/t30?,31-,35-,37-/m0/s1. The van der Waals surface area contributed by atoms with Gasteiger partial charge < -0.3 is 21.1 Å². The van der Waals surface area contributed by atoms with E-state index in [2.05, 4.69) is 24.6 Å². The average Bonchev–Trinajstić information content (AvgIpc) is 3.56. The van der Waals surface area contributed by atoms with Crippen LogP contribution >= 0.6 is 0 Å². The molecule has 4 amide bonds. The van der Waals surface area contributed by atoms with Crippen LogP contribution in [-0.4, -0.2) is 70.0 Å². The maximum absolute atomic E-state index is 14.6. The van der Waals surface area contributed by atoms with E-state index in [1.54, 1.807) is 18.0 Å². The van der Waals surface area contributed by atoms with Crippen molar-refractivity contribution >= 4 is 40.1 Å². The number of carbonyl (C=O) groups is 4. The number of benzene rings is 3. The fraction of sp³-hybridized carbons (Fsp3) is 0.476. The van der Waals surface area contributed by atoms with Gasteiger partial charge in [0.05, 0.1) is 24.3 Å². The molecule has 0 saturated heterocycles. The van der Waals surface area contributed by atoms with Gasteiger partial charge in [0.1, 0.15) is 12.7 Å².